The fourth-order valence-corrected chi connectivity index (χ4v) is 5.97. The number of carbonyl (C=O) groups is 1. The number of hydrogen-bond donors (Lipinski definition) is 2. The number of sulfonamides is 1. The summed E-state index contributed by atoms with van der Waals surface area (Å²) < 4.78 is 47.0. The van der Waals surface area contributed by atoms with E-state index in [9.17, 15) is 22.7 Å². The van der Waals surface area contributed by atoms with E-state index in [4.69, 9.17) is 16.3 Å². The number of methoxy groups -OCH3 is 1. The molecule has 0 bridgehead atoms. The molecule has 7 nitrogen and oxygen atoms in total. The SMILES string of the molecule is COC1(CCO)CCN(S(=O)(=O)c2cc(C(=O)Nc3ccc(F)c(Br)c3)ccc2Cl)CC1. The molecule has 32 heavy (non-hydrogen) atoms. The van der Waals surface area contributed by atoms with E-state index in [1.807, 2.05) is 0 Å². The van der Waals surface area contributed by atoms with Gasteiger partial charge in [0.25, 0.3) is 5.91 Å². The lowest BCUT2D eigenvalue weighted by Crippen LogP contribution is -2.48. The fraction of sp³-hybridized carbons (Fsp3) is 0.381. The number of piperidine rings is 1. The molecule has 2 aromatic carbocycles. The van der Waals surface area contributed by atoms with Crippen LogP contribution in [0.2, 0.25) is 5.02 Å². The molecule has 2 aromatic rings. The summed E-state index contributed by atoms with van der Waals surface area (Å²) in [6.07, 6.45) is 1.29. The monoisotopic (exact) mass is 548 g/mol. The Morgan fingerprint density at radius 2 is 1.97 bits per heavy atom. The molecule has 0 atom stereocenters. The molecule has 0 aromatic heterocycles. The number of aliphatic hydroxyl groups is 1. The van der Waals surface area contributed by atoms with Crippen LogP contribution in [0.3, 0.4) is 0 Å². The normalized spacial score (nSPS) is 16.7. The van der Waals surface area contributed by atoms with Crippen molar-refractivity contribution in [1.82, 2.24) is 4.31 Å². The number of aliphatic hydroxyl groups excluding tert-OH is 1. The van der Waals surface area contributed by atoms with E-state index in [0.29, 0.717) is 24.9 Å². The van der Waals surface area contributed by atoms with Crippen molar-refractivity contribution < 1.29 is 27.4 Å². The summed E-state index contributed by atoms with van der Waals surface area (Å²) in [6.45, 7) is 0.354. The van der Waals surface area contributed by atoms with E-state index >= 15 is 0 Å². The second-order valence-electron chi connectivity index (χ2n) is 7.49. The van der Waals surface area contributed by atoms with Crippen molar-refractivity contribution in [2.45, 2.75) is 29.8 Å². The molecule has 2 N–H and O–H groups in total. The topological polar surface area (TPSA) is 95.9 Å². The minimum Gasteiger partial charge on any atom is -0.396 e. The molecular weight excluding hydrogens is 527 g/mol. The summed E-state index contributed by atoms with van der Waals surface area (Å²) in [5, 5.41) is 11.9. The molecule has 1 aliphatic heterocycles. The van der Waals surface area contributed by atoms with E-state index in [-0.39, 0.29) is 39.7 Å². The molecule has 0 radical (unpaired) electrons. The van der Waals surface area contributed by atoms with Crippen molar-refractivity contribution in [3.63, 3.8) is 0 Å². The number of nitrogens with zero attached hydrogens (tertiary/aromatic N) is 1. The van der Waals surface area contributed by atoms with Gasteiger partial charge in [-0.1, -0.05) is 11.6 Å². The molecule has 1 amide bonds. The second kappa shape index (κ2) is 10.1. The number of rotatable bonds is 7. The van der Waals surface area contributed by atoms with Gasteiger partial charge in [-0.05, 0) is 71.6 Å². The highest BCUT2D eigenvalue weighted by Crippen LogP contribution is 2.33. The largest absolute Gasteiger partial charge is 0.396 e. The predicted molar refractivity (Wildman–Crippen MR) is 123 cm³/mol. The quantitative estimate of drug-likeness (QED) is 0.543. The fourth-order valence-electron chi connectivity index (χ4n) is 3.65. The van der Waals surface area contributed by atoms with Crippen molar-refractivity contribution in [1.29, 1.82) is 0 Å². The standard InChI is InChI=1S/C21H23BrClFN2O5S/c1-31-21(8-11-27)6-9-26(10-7-21)32(29,30)19-12-14(2-4-17(19)23)20(28)25-15-3-5-18(24)16(22)13-15/h2-5,12-13,27H,6-11H2,1H3,(H,25,28). The Morgan fingerprint density at radius 3 is 2.56 bits per heavy atom. The zero-order valence-electron chi connectivity index (χ0n) is 17.3. The lowest BCUT2D eigenvalue weighted by atomic mass is 9.89. The van der Waals surface area contributed by atoms with Gasteiger partial charge in [-0.25, -0.2) is 12.8 Å². The maximum Gasteiger partial charge on any atom is 0.255 e. The van der Waals surface area contributed by atoms with Crippen LogP contribution in [0.1, 0.15) is 29.6 Å². The van der Waals surface area contributed by atoms with E-state index in [1.165, 1.54) is 40.7 Å². The first-order valence-electron chi connectivity index (χ1n) is 9.84. The van der Waals surface area contributed by atoms with Crippen molar-refractivity contribution in [2.75, 3.05) is 32.1 Å². The van der Waals surface area contributed by atoms with Gasteiger partial charge in [0.05, 0.1) is 15.1 Å². The molecule has 1 fully saturated rings. The van der Waals surface area contributed by atoms with Gasteiger partial charge < -0.3 is 15.2 Å². The van der Waals surface area contributed by atoms with Gasteiger partial charge in [-0.3, -0.25) is 4.79 Å². The van der Waals surface area contributed by atoms with Crippen molar-refractivity contribution >= 4 is 49.1 Å². The number of nitrogens with one attached hydrogen (secondary N) is 1. The van der Waals surface area contributed by atoms with Crippen molar-refractivity contribution in [3.8, 4) is 0 Å². The maximum atomic E-state index is 13.4. The van der Waals surface area contributed by atoms with Crippen LogP contribution >= 0.6 is 27.5 Å². The number of halogens is 3. The van der Waals surface area contributed by atoms with Crippen LogP contribution in [-0.2, 0) is 14.8 Å². The average Bonchev–Trinajstić information content (AvgIpc) is 2.77. The van der Waals surface area contributed by atoms with Crippen molar-refractivity contribution in [3.05, 3.63) is 57.3 Å². The summed E-state index contributed by atoms with van der Waals surface area (Å²) in [5.74, 6) is -1.03. The molecule has 174 valence electrons. The predicted octanol–water partition coefficient (Wildman–Crippen LogP) is 4.05. The smallest absolute Gasteiger partial charge is 0.255 e. The van der Waals surface area contributed by atoms with Crippen LogP contribution in [0.25, 0.3) is 0 Å². The van der Waals surface area contributed by atoms with E-state index in [1.54, 1.807) is 7.11 Å². The van der Waals surface area contributed by atoms with Crippen LogP contribution in [0.5, 0.6) is 0 Å². The molecule has 0 unspecified atom stereocenters. The molecule has 0 spiro atoms. The number of carbonyl (C=O) groups excluding carboxylic acids is 1. The molecule has 1 heterocycles. The summed E-state index contributed by atoms with van der Waals surface area (Å²) in [4.78, 5) is 12.5. The van der Waals surface area contributed by atoms with Crippen LogP contribution in [0.4, 0.5) is 10.1 Å². The molecule has 3 rings (SSSR count). The van der Waals surface area contributed by atoms with Crippen LogP contribution in [0.15, 0.2) is 45.8 Å². The lowest BCUT2D eigenvalue weighted by molar-refractivity contribution is -0.0598. The first-order chi connectivity index (χ1) is 15.1. The molecule has 11 heteroatoms. The summed E-state index contributed by atoms with van der Waals surface area (Å²) in [6, 6.07) is 8.01. The number of ether oxygens (including phenoxy) is 1. The highest BCUT2D eigenvalue weighted by atomic mass is 79.9. The van der Waals surface area contributed by atoms with Gasteiger partial charge in [-0.2, -0.15) is 4.31 Å². The lowest BCUT2D eigenvalue weighted by Gasteiger charge is -2.40. The summed E-state index contributed by atoms with van der Waals surface area (Å²) in [7, 11) is -2.41. The summed E-state index contributed by atoms with van der Waals surface area (Å²) in [5.41, 5.74) is -0.120. The van der Waals surface area contributed by atoms with Gasteiger partial charge in [0.15, 0.2) is 0 Å². The summed E-state index contributed by atoms with van der Waals surface area (Å²) >= 11 is 9.25. The third-order valence-corrected chi connectivity index (χ3v) is 8.61. The Labute approximate surface area is 199 Å². The number of hydrogen-bond acceptors (Lipinski definition) is 5. The van der Waals surface area contributed by atoms with Crippen LogP contribution < -0.4 is 5.32 Å². The highest BCUT2D eigenvalue weighted by molar-refractivity contribution is 9.10. The first-order valence-corrected chi connectivity index (χ1v) is 12.4. The Balaban J connectivity index is 1.81. The van der Waals surface area contributed by atoms with Crippen LogP contribution in [-0.4, -0.2) is 56.1 Å². The minimum absolute atomic E-state index is 0.00464. The maximum absolute atomic E-state index is 13.4. The zero-order valence-corrected chi connectivity index (χ0v) is 20.4. The van der Waals surface area contributed by atoms with E-state index in [0.717, 1.165) is 0 Å². The molecule has 0 aliphatic carbocycles. The zero-order chi connectivity index (χ0) is 23.5. The number of anilines is 1. The molecule has 1 saturated heterocycles. The molecule has 1 aliphatic rings. The Kier molecular flexibility index (Phi) is 7.95. The Morgan fingerprint density at radius 1 is 1.28 bits per heavy atom. The second-order valence-corrected chi connectivity index (χ2v) is 10.7. The van der Waals surface area contributed by atoms with E-state index < -0.39 is 27.3 Å². The highest BCUT2D eigenvalue weighted by Gasteiger charge is 2.39. The van der Waals surface area contributed by atoms with Crippen LogP contribution in [0, 0.1) is 5.82 Å². The van der Waals surface area contributed by atoms with Gasteiger partial charge in [0.1, 0.15) is 10.7 Å². The van der Waals surface area contributed by atoms with Gasteiger partial charge in [0, 0.05) is 38.1 Å². The third-order valence-electron chi connectivity index (χ3n) is 5.62. The van der Waals surface area contributed by atoms with Crippen molar-refractivity contribution in [2.24, 2.45) is 0 Å². The Bertz CT molecular complexity index is 1110. The van der Waals surface area contributed by atoms with Gasteiger partial charge >= 0.3 is 0 Å². The average molecular weight is 550 g/mol. The Hall–Kier alpha value is -1.56. The minimum atomic E-state index is -3.96. The van der Waals surface area contributed by atoms with E-state index in [2.05, 4.69) is 21.2 Å². The molecular formula is C21H23BrClFN2O5S. The molecule has 0 saturated carbocycles. The number of amides is 1. The first kappa shape index (κ1) is 25.1. The van der Waals surface area contributed by atoms with Gasteiger partial charge in [0.2, 0.25) is 10.0 Å². The number of benzene rings is 2. The van der Waals surface area contributed by atoms with Gasteiger partial charge in [-0.15, -0.1) is 0 Å². The third kappa shape index (κ3) is 5.32.